The molecule has 0 spiro atoms. The van der Waals surface area contributed by atoms with Crippen molar-refractivity contribution in [3.63, 3.8) is 0 Å². The smallest absolute Gasteiger partial charge is 0.0551 e. The minimum absolute atomic E-state index is 0.283. The molecule has 0 aromatic heterocycles. The van der Waals surface area contributed by atoms with Gasteiger partial charge < -0.3 is 15.0 Å². The van der Waals surface area contributed by atoms with E-state index < -0.39 is 0 Å². The molecule has 1 unspecified atom stereocenters. The minimum Gasteiger partial charge on any atom is -0.381 e. The van der Waals surface area contributed by atoms with E-state index in [-0.39, 0.29) is 5.41 Å². The summed E-state index contributed by atoms with van der Waals surface area (Å²) < 4.78 is 5.85. The van der Waals surface area contributed by atoms with Crippen LogP contribution in [-0.2, 0) is 11.2 Å². The number of anilines is 1. The fourth-order valence-electron chi connectivity index (χ4n) is 3.74. The van der Waals surface area contributed by atoms with Gasteiger partial charge in [0.25, 0.3) is 0 Å². The van der Waals surface area contributed by atoms with Crippen molar-refractivity contribution < 1.29 is 4.74 Å². The highest BCUT2D eigenvalue weighted by Crippen LogP contribution is 2.34. The van der Waals surface area contributed by atoms with Crippen LogP contribution >= 0.6 is 0 Å². The number of benzene rings is 1. The first-order chi connectivity index (χ1) is 10.3. The predicted octanol–water partition coefficient (Wildman–Crippen LogP) is 2.85. The van der Waals surface area contributed by atoms with Gasteiger partial charge in [0.05, 0.1) is 6.61 Å². The molecule has 116 valence electrons. The summed E-state index contributed by atoms with van der Waals surface area (Å²) in [7, 11) is 0. The van der Waals surface area contributed by atoms with Gasteiger partial charge in [-0.25, -0.2) is 0 Å². The zero-order chi connectivity index (χ0) is 14.5. The number of hydrogen-bond donors (Lipinski definition) is 1. The fraction of sp³-hybridized carbons (Fsp3) is 0.667. The van der Waals surface area contributed by atoms with Crippen molar-refractivity contribution in [2.45, 2.75) is 32.6 Å². The monoisotopic (exact) mass is 288 g/mol. The van der Waals surface area contributed by atoms with Crippen LogP contribution in [0.5, 0.6) is 0 Å². The first kappa shape index (κ1) is 14.9. The van der Waals surface area contributed by atoms with Gasteiger partial charge in [0.15, 0.2) is 0 Å². The molecule has 3 nitrogen and oxygen atoms in total. The van der Waals surface area contributed by atoms with Crippen molar-refractivity contribution in [3.8, 4) is 0 Å². The first-order valence-corrected chi connectivity index (χ1v) is 8.44. The number of rotatable bonds is 6. The highest BCUT2D eigenvalue weighted by molar-refractivity contribution is 5.58. The minimum atomic E-state index is 0.283. The zero-order valence-electron chi connectivity index (χ0n) is 13.2. The van der Waals surface area contributed by atoms with Crippen molar-refractivity contribution in [3.05, 3.63) is 29.8 Å². The molecule has 0 bridgehead atoms. The molecule has 0 aliphatic carbocycles. The summed E-state index contributed by atoms with van der Waals surface area (Å²) in [5, 5.41) is 3.64. The van der Waals surface area contributed by atoms with E-state index in [2.05, 4.69) is 41.4 Å². The second kappa shape index (κ2) is 6.80. The quantitative estimate of drug-likeness (QED) is 0.815. The molecule has 3 heteroatoms. The maximum atomic E-state index is 5.85. The number of nitrogens with one attached hydrogen (secondary N) is 1. The summed E-state index contributed by atoms with van der Waals surface area (Å²) in [6, 6.07) is 8.87. The van der Waals surface area contributed by atoms with Gasteiger partial charge in [-0.05, 0) is 43.9 Å². The standard InChI is InChI=1S/C18H28N2O/c1-2-10-19-13-18(9-5-12-21-15-18)14-20-11-8-16-6-3-4-7-17(16)20/h3-4,6-7,19H,2,5,8-15H2,1H3. The van der Waals surface area contributed by atoms with Gasteiger partial charge in [0.2, 0.25) is 0 Å². The Labute approximate surface area is 128 Å². The molecule has 0 amide bonds. The lowest BCUT2D eigenvalue weighted by molar-refractivity contribution is -0.00296. The second-order valence-corrected chi connectivity index (χ2v) is 6.63. The van der Waals surface area contributed by atoms with Crippen molar-refractivity contribution >= 4 is 5.69 Å². The third-order valence-electron chi connectivity index (χ3n) is 4.84. The van der Waals surface area contributed by atoms with E-state index in [4.69, 9.17) is 4.74 Å². The molecular formula is C18H28N2O. The Morgan fingerprint density at radius 2 is 2.24 bits per heavy atom. The van der Waals surface area contributed by atoms with Crippen LogP contribution in [0.15, 0.2) is 24.3 Å². The Kier molecular flexibility index (Phi) is 4.81. The Bertz CT molecular complexity index is 454. The molecule has 3 rings (SSSR count). The molecule has 2 heterocycles. The van der Waals surface area contributed by atoms with Crippen molar-refractivity contribution in [2.75, 3.05) is 44.3 Å². The van der Waals surface area contributed by atoms with Gasteiger partial charge in [0.1, 0.15) is 0 Å². The summed E-state index contributed by atoms with van der Waals surface area (Å²) in [6.45, 7) is 8.55. The van der Waals surface area contributed by atoms with Gasteiger partial charge in [0, 0.05) is 37.3 Å². The average molecular weight is 288 g/mol. The van der Waals surface area contributed by atoms with Crippen LogP contribution in [0.3, 0.4) is 0 Å². The van der Waals surface area contributed by atoms with Gasteiger partial charge in [-0.15, -0.1) is 0 Å². The third kappa shape index (κ3) is 3.41. The van der Waals surface area contributed by atoms with Gasteiger partial charge in [-0.3, -0.25) is 0 Å². The third-order valence-corrected chi connectivity index (χ3v) is 4.84. The number of ether oxygens (including phenoxy) is 1. The molecule has 0 radical (unpaired) electrons. The van der Waals surface area contributed by atoms with Gasteiger partial charge in [-0.1, -0.05) is 25.1 Å². The molecule has 21 heavy (non-hydrogen) atoms. The Morgan fingerprint density at radius 1 is 1.33 bits per heavy atom. The summed E-state index contributed by atoms with van der Waals surface area (Å²) in [5.41, 5.74) is 3.23. The Morgan fingerprint density at radius 3 is 3.05 bits per heavy atom. The second-order valence-electron chi connectivity index (χ2n) is 6.63. The number of fused-ring (bicyclic) bond motifs is 1. The van der Waals surface area contributed by atoms with E-state index >= 15 is 0 Å². The number of para-hydroxylation sites is 1. The molecular weight excluding hydrogens is 260 g/mol. The molecule has 0 saturated carbocycles. The fourth-order valence-corrected chi connectivity index (χ4v) is 3.74. The summed E-state index contributed by atoms with van der Waals surface area (Å²) in [6.07, 6.45) is 4.87. The van der Waals surface area contributed by atoms with E-state index in [1.54, 1.807) is 0 Å². The lowest BCUT2D eigenvalue weighted by Crippen LogP contribution is -2.49. The van der Waals surface area contributed by atoms with Crippen LogP contribution in [0.2, 0.25) is 0 Å². The lowest BCUT2D eigenvalue weighted by Gasteiger charge is -2.41. The van der Waals surface area contributed by atoms with Crippen molar-refractivity contribution in [1.82, 2.24) is 5.32 Å². The van der Waals surface area contributed by atoms with Crippen molar-refractivity contribution in [2.24, 2.45) is 5.41 Å². The number of nitrogens with zero attached hydrogens (tertiary/aromatic N) is 1. The van der Waals surface area contributed by atoms with Crippen LogP contribution < -0.4 is 10.2 Å². The van der Waals surface area contributed by atoms with Gasteiger partial charge in [-0.2, -0.15) is 0 Å². The molecule has 1 aromatic rings. The lowest BCUT2D eigenvalue weighted by atomic mass is 9.81. The molecule has 1 aromatic carbocycles. The summed E-state index contributed by atoms with van der Waals surface area (Å²) in [5.74, 6) is 0. The van der Waals surface area contributed by atoms with Crippen molar-refractivity contribution in [1.29, 1.82) is 0 Å². The number of hydrogen-bond acceptors (Lipinski definition) is 3. The van der Waals surface area contributed by atoms with Crippen LogP contribution in [-0.4, -0.2) is 39.4 Å². The van der Waals surface area contributed by atoms with E-state index in [1.165, 1.54) is 36.9 Å². The van der Waals surface area contributed by atoms with E-state index in [9.17, 15) is 0 Å². The van der Waals surface area contributed by atoms with Crippen LogP contribution in [0.4, 0.5) is 5.69 Å². The SMILES string of the molecule is CCCNCC1(CN2CCc3ccccc32)CCCOC1. The van der Waals surface area contributed by atoms with Gasteiger partial charge >= 0.3 is 0 Å². The molecule has 2 aliphatic heterocycles. The maximum absolute atomic E-state index is 5.85. The Balaban J connectivity index is 1.70. The normalized spacial score (nSPS) is 25.1. The average Bonchev–Trinajstić information content (AvgIpc) is 2.92. The summed E-state index contributed by atoms with van der Waals surface area (Å²) in [4.78, 5) is 2.58. The highest BCUT2D eigenvalue weighted by atomic mass is 16.5. The first-order valence-electron chi connectivity index (χ1n) is 8.44. The van der Waals surface area contributed by atoms with Crippen LogP contribution in [0, 0.1) is 5.41 Å². The molecule has 1 N–H and O–H groups in total. The van der Waals surface area contributed by atoms with Crippen LogP contribution in [0.1, 0.15) is 31.7 Å². The molecule has 2 aliphatic rings. The largest absolute Gasteiger partial charge is 0.381 e. The maximum Gasteiger partial charge on any atom is 0.0551 e. The topological polar surface area (TPSA) is 24.5 Å². The van der Waals surface area contributed by atoms with E-state index in [1.807, 2.05) is 0 Å². The molecule has 1 atom stereocenters. The predicted molar refractivity (Wildman–Crippen MR) is 88.0 cm³/mol. The van der Waals surface area contributed by atoms with E-state index in [0.29, 0.717) is 0 Å². The Hall–Kier alpha value is -1.06. The molecule has 1 fully saturated rings. The zero-order valence-corrected chi connectivity index (χ0v) is 13.2. The van der Waals surface area contributed by atoms with Crippen LogP contribution in [0.25, 0.3) is 0 Å². The highest BCUT2D eigenvalue weighted by Gasteiger charge is 2.36. The molecule has 1 saturated heterocycles. The van der Waals surface area contributed by atoms with E-state index in [0.717, 1.165) is 39.4 Å². The summed E-state index contributed by atoms with van der Waals surface area (Å²) >= 11 is 0.